The van der Waals surface area contributed by atoms with Crippen molar-refractivity contribution in [2.75, 3.05) is 6.61 Å². The first kappa shape index (κ1) is 30.2. The molecule has 10 rings (SSSR count). The van der Waals surface area contributed by atoms with Crippen LogP contribution in [0.25, 0.3) is 55.6 Å². The summed E-state index contributed by atoms with van der Waals surface area (Å²) in [5, 5.41) is 0. The van der Waals surface area contributed by atoms with E-state index in [1.807, 2.05) is 0 Å². The zero-order chi connectivity index (χ0) is 34.2. The van der Waals surface area contributed by atoms with Crippen LogP contribution in [0.2, 0.25) is 0 Å². The smallest absolute Gasteiger partial charge is 0.404 e. The molecule has 1 fully saturated rings. The zero-order valence-corrected chi connectivity index (χ0v) is 29.8. The van der Waals surface area contributed by atoms with Crippen molar-refractivity contribution in [1.29, 1.82) is 0 Å². The Kier molecular flexibility index (Phi) is 6.14. The summed E-state index contributed by atoms with van der Waals surface area (Å²) < 4.78 is 12.3. The fourth-order valence-corrected chi connectivity index (χ4v) is 9.30. The van der Waals surface area contributed by atoms with Crippen LogP contribution in [0.3, 0.4) is 0 Å². The van der Waals surface area contributed by atoms with Crippen LogP contribution < -0.4 is 5.46 Å². The van der Waals surface area contributed by atoms with Crippen LogP contribution in [0.5, 0.6) is 0 Å². The molecule has 6 aromatic carbocycles. The van der Waals surface area contributed by atoms with E-state index in [0.29, 0.717) is 6.61 Å². The van der Waals surface area contributed by atoms with E-state index in [2.05, 4.69) is 157 Å². The molecule has 0 atom stereocenters. The van der Waals surface area contributed by atoms with Gasteiger partial charge in [0, 0.05) is 10.8 Å². The summed E-state index contributed by atoms with van der Waals surface area (Å²) in [5.74, 6) is 0. The lowest BCUT2D eigenvalue weighted by molar-refractivity contribution is 0.137. The van der Waals surface area contributed by atoms with Crippen molar-refractivity contribution < 1.29 is 9.31 Å². The van der Waals surface area contributed by atoms with Crippen LogP contribution in [-0.2, 0) is 26.6 Å². The van der Waals surface area contributed by atoms with Gasteiger partial charge in [-0.05, 0) is 133 Å². The number of rotatable bonds is 3. The van der Waals surface area contributed by atoms with E-state index in [-0.39, 0.29) is 23.5 Å². The van der Waals surface area contributed by atoms with Crippen LogP contribution in [0.15, 0.2) is 115 Å². The van der Waals surface area contributed by atoms with Gasteiger partial charge in [-0.15, -0.1) is 0 Å². The lowest BCUT2D eigenvalue weighted by Crippen LogP contribution is -2.35. The molecule has 1 heterocycles. The molecule has 0 saturated carbocycles. The van der Waals surface area contributed by atoms with Gasteiger partial charge in [0.25, 0.3) is 0 Å². The summed E-state index contributed by atoms with van der Waals surface area (Å²) in [6, 6.07) is 43.9. The van der Waals surface area contributed by atoms with E-state index in [1.54, 1.807) is 0 Å². The molecule has 50 heavy (non-hydrogen) atoms. The van der Waals surface area contributed by atoms with Gasteiger partial charge in [0.2, 0.25) is 0 Å². The number of fused-ring (bicyclic) bond motifs is 9. The summed E-state index contributed by atoms with van der Waals surface area (Å²) in [6.07, 6.45) is 1.01. The first-order valence-electron chi connectivity index (χ1n) is 18.1. The second-order valence-electron chi connectivity index (χ2n) is 16.6. The molecule has 0 N–H and O–H groups in total. The summed E-state index contributed by atoms with van der Waals surface area (Å²) in [6.45, 7) is 14.3. The molecule has 1 aliphatic heterocycles. The first-order chi connectivity index (χ1) is 24.0. The van der Waals surface area contributed by atoms with E-state index in [4.69, 9.17) is 9.31 Å². The monoisotopic (exact) mass is 648 g/mol. The Morgan fingerprint density at radius 3 is 1.46 bits per heavy atom. The van der Waals surface area contributed by atoms with E-state index in [1.165, 1.54) is 89.0 Å². The fraction of sp³-hybridized carbons (Fsp3) is 0.234. The van der Waals surface area contributed by atoms with Crippen LogP contribution in [0.1, 0.15) is 74.9 Å². The van der Waals surface area contributed by atoms with Gasteiger partial charge in [0.15, 0.2) is 0 Å². The van der Waals surface area contributed by atoms with Crippen molar-refractivity contribution in [2.45, 2.75) is 64.4 Å². The maximum atomic E-state index is 6.23. The average Bonchev–Trinajstić information content (AvgIpc) is 3.81. The second-order valence-corrected chi connectivity index (χ2v) is 16.6. The summed E-state index contributed by atoms with van der Waals surface area (Å²) in [7, 11) is -0.313. The third kappa shape index (κ3) is 4.30. The molecule has 0 unspecified atom stereocenters. The third-order valence-electron chi connectivity index (χ3n) is 12.1. The Labute approximate surface area is 296 Å². The van der Waals surface area contributed by atoms with Gasteiger partial charge in [0.05, 0.1) is 12.2 Å². The normalized spacial score (nSPS) is 17.9. The molecule has 0 amide bonds. The molecule has 1 saturated heterocycles. The van der Waals surface area contributed by atoms with Crippen molar-refractivity contribution >= 4 is 12.6 Å². The molecule has 3 aliphatic carbocycles. The van der Waals surface area contributed by atoms with Gasteiger partial charge < -0.3 is 9.31 Å². The number of benzene rings is 6. The van der Waals surface area contributed by atoms with Crippen LogP contribution in [0, 0.1) is 0 Å². The quantitative estimate of drug-likeness (QED) is 0.178. The minimum absolute atomic E-state index is 0.106. The highest BCUT2D eigenvalue weighted by Crippen LogP contribution is 2.53. The standard InChI is InChI=1S/C47H41BO2/c1-45(2)27-49-48(50-45)34-15-20-40-39-19-14-31(25-43(39)47(5,6)44(40)26-34)30-13-18-38-37-17-12-29(23-41(37)46(3,4)42(38)24-30)28-11-16-36-33(21-28)22-32-9-7-8-10-35(32)36/h7-21,23-26H,22,27H2,1-6H3. The Bertz CT molecular complexity index is 2430. The average molecular weight is 649 g/mol. The van der Waals surface area contributed by atoms with Crippen molar-refractivity contribution in [1.82, 2.24) is 0 Å². The largest absolute Gasteiger partial charge is 0.494 e. The van der Waals surface area contributed by atoms with E-state index in [9.17, 15) is 0 Å². The molecule has 0 bridgehead atoms. The highest BCUT2D eigenvalue weighted by Gasteiger charge is 2.41. The molecular weight excluding hydrogens is 607 g/mol. The van der Waals surface area contributed by atoms with Gasteiger partial charge in [-0.2, -0.15) is 0 Å². The summed E-state index contributed by atoms with van der Waals surface area (Å²) in [4.78, 5) is 0. The van der Waals surface area contributed by atoms with Crippen LogP contribution >= 0.6 is 0 Å². The highest BCUT2D eigenvalue weighted by atomic mass is 16.7. The van der Waals surface area contributed by atoms with Gasteiger partial charge in [-0.25, -0.2) is 0 Å². The molecule has 6 aromatic rings. The molecule has 0 radical (unpaired) electrons. The Balaban J connectivity index is 0.972. The molecule has 2 nitrogen and oxygen atoms in total. The Morgan fingerprint density at radius 2 is 0.920 bits per heavy atom. The fourth-order valence-electron chi connectivity index (χ4n) is 9.30. The minimum atomic E-state index is -0.313. The third-order valence-corrected chi connectivity index (χ3v) is 12.1. The summed E-state index contributed by atoms with van der Waals surface area (Å²) in [5.41, 5.74) is 22.2. The van der Waals surface area contributed by atoms with Crippen molar-refractivity contribution in [3.05, 3.63) is 149 Å². The molecule has 3 heteroatoms. The lowest BCUT2D eigenvalue weighted by atomic mass is 9.74. The first-order valence-corrected chi connectivity index (χ1v) is 18.1. The minimum Gasteiger partial charge on any atom is -0.404 e. The molecular formula is C47H41BO2. The maximum absolute atomic E-state index is 6.23. The van der Waals surface area contributed by atoms with Crippen molar-refractivity contribution in [3.8, 4) is 55.6 Å². The molecule has 0 aromatic heterocycles. The van der Waals surface area contributed by atoms with Gasteiger partial charge in [-0.3, -0.25) is 0 Å². The van der Waals surface area contributed by atoms with Crippen LogP contribution in [-0.4, -0.2) is 19.3 Å². The molecule has 4 aliphatic rings. The van der Waals surface area contributed by atoms with Gasteiger partial charge in [0.1, 0.15) is 0 Å². The molecule has 244 valence electrons. The van der Waals surface area contributed by atoms with Crippen molar-refractivity contribution in [2.24, 2.45) is 0 Å². The van der Waals surface area contributed by atoms with Gasteiger partial charge in [-0.1, -0.05) is 125 Å². The predicted molar refractivity (Wildman–Crippen MR) is 207 cm³/mol. The maximum Gasteiger partial charge on any atom is 0.494 e. The van der Waals surface area contributed by atoms with E-state index in [0.717, 1.165) is 11.9 Å². The topological polar surface area (TPSA) is 18.5 Å². The number of hydrogen-bond donors (Lipinski definition) is 0. The lowest BCUT2D eigenvalue weighted by Gasteiger charge is -2.24. The van der Waals surface area contributed by atoms with Gasteiger partial charge >= 0.3 is 7.12 Å². The zero-order valence-electron chi connectivity index (χ0n) is 29.8. The van der Waals surface area contributed by atoms with E-state index < -0.39 is 0 Å². The SMILES string of the molecule is CC1(C)COB(c2ccc3c(c2)C(C)(C)c2cc(-c4ccc5c(c4)C(C)(C)c4cc(-c6ccc7c(c6)Cc6ccccc6-7)ccc4-5)ccc2-3)O1. The summed E-state index contributed by atoms with van der Waals surface area (Å²) >= 11 is 0. The number of hydrogen-bond acceptors (Lipinski definition) is 2. The molecule has 0 spiro atoms. The predicted octanol–water partition coefficient (Wildman–Crippen LogP) is 10.7. The van der Waals surface area contributed by atoms with Crippen molar-refractivity contribution in [3.63, 3.8) is 0 Å². The Hall–Kier alpha value is -4.70. The van der Waals surface area contributed by atoms with Crippen LogP contribution in [0.4, 0.5) is 0 Å². The Morgan fingerprint density at radius 1 is 0.460 bits per heavy atom. The highest BCUT2D eigenvalue weighted by molar-refractivity contribution is 6.62. The second kappa shape index (κ2) is 10.2. The van der Waals surface area contributed by atoms with E-state index >= 15 is 0 Å².